The minimum Gasteiger partial charge on any atom is -0.357 e. The SMILES string of the molecule is [2H]C1([2H])CCC([2H])([2H])N1c1cc(C(=O)Cc2cc3cc(-c4cnc(C)n4C)cnc3cn2)ccn1. The molecule has 31 heavy (non-hydrogen) atoms. The van der Waals surface area contributed by atoms with E-state index in [1.54, 1.807) is 24.7 Å². The maximum absolute atomic E-state index is 13.1. The molecule has 0 saturated carbocycles. The molecular formula is C24H24N6O. The van der Waals surface area contributed by atoms with Gasteiger partial charge >= 0.3 is 0 Å². The van der Waals surface area contributed by atoms with Crippen LogP contribution in [0, 0.1) is 6.92 Å². The van der Waals surface area contributed by atoms with Gasteiger partial charge in [0.2, 0.25) is 0 Å². The predicted octanol–water partition coefficient (Wildman–Crippen LogP) is 3.76. The molecule has 0 bridgehead atoms. The van der Waals surface area contributed by atoms with Crippen LogP contribution in [-0.2, 0) is 13.5 Å². The zero-order chi connectivity index (χ0) is 25.0. The topological polar surface area (TPSA) is 76.8 Å². The van der Waals surface area contributed by atoms with Crippen LogP contribution in [0.4, 0.5) is 5.82 Å². The van der Waals surface area contributed by atoms with Crippen molar-refractivity contribution in [1.82, 2.24) is 24.5 Å². The molecular weight excluding hydrogens is 388 g/mol. The van der Waals surface area contributed by atoms with Crippen LogP contribution in [0.25, 0.3) is 22.2 Å². The fraction of sp³-hybridized carbons (Fsp3) is 0.292. The monoisotopic (exact) mass is 416 g/mol. The maximum atomic E-state index is 13.1. The van der Waals surface area contributed by atoms with Gasteiger partial charge in [0.1, 0.15) is 11.6 Å². The first-order chi connectivity index (χ1) is 16.5. The summed E-state index contributed by atoms with van der Waals surface area (Å²) >= 11 is 0. The Morgan fingerprint density at radius 3 is 2.68 bits per heavy atom. The van der Waals surface area contributed by atoms with E-state index in [-0.39, 0.29) is 30.9 Å². The standard InChI is InChI=1S/C24H24N6O/c1-16-26-15-22(29(16)2)19-9-18-10-20(27-14-21(18)28-13-19)12-23(31)17-5-6-25-24(11-17)30-7-3-4-8-30/h5-6,9-11,13-15H,3-4,7-8,12H2,1-2H3/i7D2,8D2. The number of imidazole rings is 1. The third kappa shape index (κ3) is 3.79. The Labute approximate surface area is 186 Å². The minimum absolute atomic E-state index is 0.0359. The lowest BCUT2D eigenvalue weighted by Gasteiger charge is -2.16. The van der Waals surface area contributed by atoms with Crippen molar-refractivity contribution in [2.45, 2.75) is 26.2 Å². The summed E-state index contributed by atoms with van der Waals surface area (Å²) in [6, 6.07) is 6.84. The van der Waals surface area contributed by atoms with E-state index in [0.717, 1.165) is 27.4 Å². The minimum atomic E-state index is -1.88. The summed E-state index contributed by atoms with van der Waals surface area (Å²) < 4.78 is 34.7. The van der Waals surface area contributed by atoms with Gasteiger partial charge in [-0.1, -0.05) is 0 Å². The highest BCUT2D eigenvalue weighted by Gasteiger charge is 2.16. The normalized spacial score (nSPS) is 19.0. The lowest BCUT2D eigenvalue weighted by Crippen LogP contribution is -2.19. The largest absolute Gasteiger partial charge is 0.357 e. The van der Waals surface area contributed by atoms with Crippen molar-refractivity contribution in [2.75, 3.05) is 17.9 Å². The van der Waals surface area contributed by atoms with Gasteiger partial charge in [-0.3, -0.25) is 14.8 Å². The molecule has 7 heteroatoms. The summed E-state index contributed by atoms with van der Waals surface area (Å²) in [4.78, 5) is 31.5. The number of pyridine rings is 3. The van der Waals surface area contributed by atoms with Crippen molar-refractivity contribution in [3.05, 3.63) is 66.1 Å². The van der Waals surface area contributed by atoms with Crippen molar-refractivity contribution in [2.24, 2.45) is 7.05 Å². The van der Waals surface area contributed by atoms with E-state index < -0.39 is 13.0 Å². The van der Waals surface area contributed by atoms with Gasteiger partial charge in [0, 0.05) is 60.1 Å². The number of Topliss-reactive ketones (excluding diaryl/α,β-unsaturated/α-hetero) is 1. The summed E-state index contributed by atoms with van der Waals surface area (Å²) in [7, 11) is 1.95. The first-order valence-electron chi connectivity index (χ1n) is 12.1. The Bertz CT molecular complexity index is 1440. The number of fused-ring (bicyclic) bond motifs is 1. The van der Waals surface area contributed by atoms with Gasteiger partial charge in [0.25, 0.3) is 0 Å². The van der Waals surface area contributed by atoms with Crippen molar-refractivity contribution in [3.8, 4) is 11.3 Å². The lowest BCUT2D eigenvalue weighted by molar-refractivity contribution is 0.0992. The van der Waals surface area contributed by atoms with Crippen LogP contribution in [-0.4, -0.2) is 43.3 Å². The summed E-state index contributed by atoms with van der Waals surface area (Å²) in [6.45, 7) is -1.83. The average molecular weight is 417 g/mol. The molecule has 0 atom stereocenters. The first kappa shape index (κ1) is 15.2. The number of aryl methyl sites for hydroxylation is 1. The third-order valence-corrected chi connectivity index (χ3v) is 5.44. The van der Waals surface area contributed by atoms with E-state index in [2.05, 4.69) is 19.9 Å². The van der Waals surface area contributed by atoms with Crippen LogP contribution in [0.3, 0.4) is 0 Å². The van der Waals surface area contributed by atoms with E-state index in [1.165, 1.54) is 12.3 Å². The van der Waals surface area contributed by atoms with Gasteiger partial charge in [0.15, 0.2) is 5.78 Å². The number of hydrogen-bond acceptors (Lipinski definition) is 6. The van der Waals surface area contributed by atoms with E-state index in [9.17, 15) is 4.79 Å². The highest BCUT2D eigenvalue weighted by atomic mass is 16.1. The Morgan fingerprint density at radius 1 is 1.06 bits per heavy atom. The Kier molecular flexibility index (Phi) is 3.88. The maximum Gasteiger partial charge on any atom is 0.169 e. The van der Waals surface area contributed by atoms with Crippen molar-refractivity contribution in [3.63, 3.8) is 0 Å². The number of rotatable bonds is 5. The molecule has 0 aliphatic carbocycles. The Morgan fingerprint density at radius 2 is 1.90 bits per heavy atom. The molecule has 4 aromatic rings. The van der Waals surface area contributed by atoms with Crippen LogP contribution in [0.15, 0.2) is 49.1 Å². The smallest absolute Gasteiger partial charge is 0.169 e. The van der Waals surface area contributed by atoms with Gasteiger partial charge < -0.3 is 9.47 Å². The number of carbonyl (C=O) groups is 1. The van der Waals surface area contributed by atoms with Gasteiger partial charge in [-0.05, 0) is 44.0 Å². The Hall–Kier alpha value is -3.61. The number of anilines is 1. The molecule has 0 radical (unpaired) electrons. The molecule has 1 saturated heterocycles. The summed E-state index contributed by atoms with van der Waals surface area (Å²) in [5.41, 5.74) is 3.48. The number of nitrogens with zero attached hydrogens (tertiary/aromatic N) is 6. The molecule has 0 N–H and O–H groups in total. The zero-order valence-electron chi connectivity index (χ0n) is 21.3. The third-order valence-electron chi connectivity index (χ3n) is 5.44. The molecule has 1 fully saturated rings. The average Bonchev–Trinajstić information content (AvgIpc) is 3.26. The zero-order valence-corrected chi connectivity index (χ0v) is 17.3. The second kappa shape index (κ2) is 7.91. The molecule has 0 spiro atoms. The summed E-state index contributed by atoms with van der Waals surface area (Å²) in [5, 5.41) is 0.855. The van der Waals surface area contributed by atoms with E-state index in [1.807, 2.05) is 30.7 Å². The van der Waals surface area contributed by atoms with Crippen molar-refractivity contribution in [1.29, 1.82) is 0 Å². The first-order valence-corrected chi connectivity index (χ1v) is 10.1. The molecule has 5 rings (SSSR count). The number of aromatic nitrogens is 5. The van der Waals surface area contributed by atoms with Gasteiger partial charge in [0.05, 0.1) is 30.0 Å². The van der Waals surface area contributed by atoms with Crippen LogP contribution < -0.4 is 4.90 Å². The molecule has 156 valence electrons. The van der Waals surface area contributed by atoms with Crippen molar-refractivity contribution >= 4 is 22.5 Å². The van der Waals surface area contributed by atoms with Crippen molar-refractivity contribution < 1.29 is 10.3 Å². The van der Waals surface area contributed by atoms with Crippen LogP contribution in [0.5, 0.6) is 0 Å². The van der Waals surface area contributed by atoms with Gasteiger partial charge in [-0.15, -0.1) is 0 Å². The molecule has 1 aliphatic rings. The van der Waals surface area contributed by atoms with Crippen LogP contribution in [0.1, 0.15) is 40.2 Å². The summed E-state index contributed by atoms with van der Waals surface area (Å²) in [5.74, 6) is 0.787. The molecule has 1 aliphatic heterocycles. The molecule has 0 aromatic carbocycles. The Balaban J connectivity index is 1.42. The highest BCUT2D eigenvalue weighted by Crippen LogP contribution is 2.24. The van der Waals surface area contributed by atoms with Gasteiger partial charge in [-0.25, -0.2) is 9.97 Å². The number of hydrogen-bond donors (Lipinski definition) is 0. The van der Waals surface area contributed by atoms with E-state index in [4.69, 9.17) is 5.48 Å². The van der Waals surface area contributed by atoms with Crippen LogP contribution >= 0.6 is 0 Å². The predicted molar refractivity (Wildman–Crippen MR) is 120 cm³/mol. The van der Waals surface area contributed by atoms with E-state index >= 15 is 0 Å². The number of carbonyl (C=O) groups excluding carboxylic acids is 1. The highest BCUT2D eigenvalue weighted by molar-refractivity contribution is 5.98. The lowest BCUT2D eigenvalue weighted by atomic mass is 10.1. The molecule has 5 heterocycles. The van der Waals surface area contributed by atoms with Gasteiger partial charge in [-0.2, -0.15) is 0 Å². The fourth-order valence-electron chi connectivity index (χ4n) is 3.62. The second-order valence-electron chi connectivity index (χ2n) is 7.50. The molecule has 0 amide bonds. The fourth-order valence-corrected chi connectivity index (χ4v) is 3.62. The second-order valence-corrected chi connectivity index (χ2v) is 7.50. The summed E-state index contributed by atoms with van der Waals surface area (Å²) in [6.07, 6.45) is 6.77. The molecule has 0 unspecified atom stereocenters. The molecule has 7 nitrogen and oxygen atoms in total. The number of ketones is 1. The molecule has 4 aromatic heterocycles. The van der Waals surface area contributed by atoms with E-state index in [0.29, 0.717) is 16.8 Å². The van der Waals surface area contributed by atoms with Crippen LogP contribution in [0.2, 0.25) is 0 Å². The quantitative estimate of drug-likeness (QED) is 0.461.